The Morgan fingerprint density at radius 1 is 1.17 bits per heavy atom. The van der Waals surface area contributed by atoms with Crippen LogP contribution in [0.1, 0.15) is 40.5 Å². The van der Waals surface area contributed by atoms with Crippen molar-refractivity contribution in [2.45, 2.75) is 46.6 Å². The SMILES string of the molecule is CCNC(C)CC(=O)NCCC(=O)N(CC)CC. The molecule has 1 atom stereocenters. The first-order valence-corrected chi connectivity index (χ1v) is 6.82. The average Bonchev–Trinajstić information content (AvgIpc) is 2.30. The van der Waals surface area contributed by atoms with Crippen LogP contribution in [0.2, 0.25) is 0 Å². The second-order valence-electron chi connectivity index (χ2n) is 4.33. The molecule has 0 aliphatic heterocycles. The quantitative estimate of drug-likeness (QED) is 0.641. The van der Waals surface area contributed by atoms with Crippen LogP contribution < -0.4 is 10.6 Å². The zero-order chi connectivity index (χ0) is 14.0. The van der Waals surface area contributed by atoms with E-state index in [1.165, 1.54) is 0 Å². The number of rotatable bonds is 9. The molecule has 0 radical (unpaired) electrons. The molecule has 0 aliphatic carbocycles. The zero-order valence-corrected chi connectivity index (χ0v) is 12.1. The van der Waals surface area contributed by atoms with Gasteiger partial charge in [0.25, 0.3) is 0 Å². The summed E-state index contributed by atoms with van der Waals surface area (Å²) < 4.78 is 0. The molecule has 5 nitrogen and oxygen atoms in total. The highest BCUT2D eigenvalue weighted by Gasteiger charge is 2.11. The van der Waals surface area contributed by atoms with E-state index in [0.29, 0.717) is 19.4 Å². The van der Waals surface area contributed by atoms with Crippen LogP contribution in [-0.4, -0.2) is 48.9 Å². The van der Waals surface area contributed by atoms with Crippen molar-refractivity contribution in [3.05, 3.63) is 0 Å². The molecule has 0 fully saturated rings. The summed E-state index contributed by atoms with van der Waals surface area (Å²) in [6.07, 6.45) is 0.830. The minimum absolute atomic E-state index is 0.00389. The van der Waals surface area contributed by atoms with Crippen LogP contribution in [0, 0.1) is 0 Å². The third-order valence-electron chi connectivity index (χ3n) is 2.82. The lowest BCUT2D eigenvalue weighted by Crippen LogP contribution is -2.36. The van der Waals surface area contributed by atoms with Gasteiger partial charge in [0.2, 0.25) is 11.8 Å². The van der Waals surface area contributed by atoms with Gasteiger partial charge >= 0.3 is 0 Å². The molecule has 18 heavy (non-hydrogen) atoms. The van der Waals surface area contributed by atoms with Crippen molar-refractivity contribution in [3.8, 4) is 0 Å². The van der Waals surface area contributed by atoms with E-state index in [-0.39, 0.29) is 17.9 Å². The number of carbonyl (C=O) groups is 2. The van der Waals surface area contributed by atoms with Gasteiger partial charge in [0.15, 0.2) is 0 Å². The van der Waals surface area contributed by atoms with Crippen molar-refractivity contribution in [3.63, 3.8) is 0 Å². The Morgan fingerprint density at radius 2 is 1.78 bits per heavy atom. The number of hydrogen-bond acceptors (Lipinski definition) is 3. The Labute approximate surface area is 110 Å². The molecule has 0 aromatic heterocycles. The van der Waals surface area contributed by atoms with Gasteiger partial charge in [-0.1, -0.05) is 6.92 Å². The van der Waals surface area contributed by atoms with E-state index in [2.05, 4.69) is 10.6 Å². The van der Waals surface area contributed by atoms with E-state index in [1.54, 1.807) is 4.90 Å². The first-order chi connectivity index (χ1) is 8.54. The number of hydrogen-bond donors (Lipinski definition) is 2. The van der Waals surface area contributed by atoms with Crippen molar-refractivity contribution in [2.75, 3.05) is 26.2 Å². The maximum atomic E-state index is 11.7. The molecule has 1 unspecified atom stereocenters. The molecule has 0 saturated heterocycles. The molecular weight excluding hydrogens is 230 g/mol. The number of amides is 2. The Kier molecular flexibility index (Phi) is 9.28. The summed E-state index contributed by atoms with van der Waals surface area (Å²) >= 11 is 0. The second-order valence-corrected chi connectivity index (χ2v) is 4.33. The second kappa shape index (κ2) is 9.88. The van der Waals surface area contributed by atoms with Crippen molar-refractivity contribution < 1.29 is 9.59 Å². The van der Waals surface area contributed by atoms with Gasteiger partial charge in [-0.15, -0.1) is 0 Å². The molecule has 0 spiro atoms. The molecule has 0 saturated carbocycles. The highest BCUT2D eigenvalue weighted by Crippen LogP contribution is 1.94. The summed E-state index contributed by atoms with van der Waals surface area (Å²) in [4.78, 5) is 25.0. The maximum absolute atomic E-state index is 11.7. The van der Waals surface area contributed by atoms with Gasteiger partial charge in [-0.05, 0) is 27.3 Å². The molecule has 5 heteroatoms. The minimum Gasteiger partial charge on any atom is -0.356 e. The molecule has 106 valence electrons. The van der Waals surface area contributed by atoms with Crippen molar-refractivity contribution in [2.24, 2.45) is 0 Å². The van der Waals surface area contributed by atoms with E-state index < -0.39 is 0 Å². The van der Waals surface area contributed by atoms with Crippen LogP contribution in [0.25, 0.3) is 0 Å². The Morgan fingerprint density at radius 3 is 2.28 bits per heavy atom. The lowest BCUT2D eigenvalue weighted by Gasteiger charge is -2.18. The average molecular weight is 257 g/mol. The number of carbonyl (C=O) groups excluding carboxylic acids is 2. The van der Waals surface area contributed by atoms with Gasteiger partial charge in [0.1, 0.15) is 0 Å². The Bertz CT molecular complexity index is 253. The molecule has 0 heterocycles. The molecule has 0 rings (SSSR count). The molecule has 2 amide bonds. The van der Waals surface area contributed by atoms with Crippen LogP contribution >= 0.6 is 0 Å². The smallest absolute Gasteiger partial charge is 0.224 e. The van der Waals surface area contributed by atoms with Crippen LogP contribution in [0.4, 0.5) is 0 Å². The third kappa shape index (κ3) is 7.27. The summed E-state index contributed by atoms with van der Waals surface area (Å²) in [5.74, 6) is 0.0934. The maximum Gasteiger partial charge on any atom is 0.224 e. The Hall–Kier alpha value is -1.10. The monoisotopic (exact) mass is 257 g/mol. The normalized spacial score (nSPS) is 12.0. The van der Waals surface area contributed by atoms with E-state index in [0.717, 1.165) is 19.6 Å². The molecule has 2 N–H and O–H groups in total. The summed E-state index contributed by atoms with van der Waals surface area (Å²) in [6, 6.07) is 0.175. The van der Waals surface area contributed by atoms with Gasteiger partial charge in [0.05, 0.1) is 0 Å². The third-order valence-corrected chi connectivity index (χ3v) is 2.82. The topological polar surface area (TPSA) is 61.4 Å². The summed E-state index contributed by atoms with van der Waals surface area (Å²) in [5, 5.41) is 5.96. The molecular formula is C13H27N3O2. The first-order valence-electron chi connectivity index (χ1n) is 6.82. The number of nitrogens with one attached hydrogen (secondary N) is 2. The van der Waals surface area contributed by atoms with Gasteiger partial charge in [0, 0.05) is 38.5 Å². The number of nitrogens with zero attached hydrogens (tertiary/aromatic N) is 1. The van der Waals surface area contributed by atoms with Gasteiger partial charge in [-0.25, -0.2) is 0 Å². The van der Waals surface area contributed by atoms with Crippen LogP contribution in [-0.2, 0) is 9.59 Å². The largest absolute Gasteiger partial charge is 0.356 e. The predicted octanol–water partition coefficient (Wildman–Crippen LogP) is 0.749. The lowest BCUT2D eigenvalue weighted by molar-refractivity contribution is -0.130. The lowest BCUT2D eigenvalue weighted by atomic mass is 10.2. The minimum atomic E-state index is -0.00389. The fourth-order valence-corrected chi connectivity index (χ4v) is 1.81. The fourth-order valence-electron chi connectivity index (χ4n) is 1.81. The molecule has 0 aliphatic rings. The molecule has 0 aromatic rings. The van der Waals surface area contributed by atoms with Crippen molar-refractivity contribution in [1.82, 2.24) is 15.5 Å². The van der Waals surface area contributed by atoms with Crippen LogP contribution in [0.15, 0.2) is 0 Å². The van der Waals surface area contributed by atoms with E-state index in [1.807, 2.05) is 27.7 Å². The van der Waals surface area contributed by atoms with Crippen LogP contribution in [0.3, 0.4) is 0 Å². The predicted molar refractivity (Wildman–Crippen MR) is 73.3 cm³/mol. The highest BCUT2D eigenvalue weighted by atomic mass is 16.2. The van der Waals surface area contributed by atoms with Crippen LogP contribution in [0.5, 0.6) is 0 Å². The van der Waals surface area contributed by atoms with Gasteiger partial charge in [-0.3, -0.25) is 9.59 Å². The van der Waals surface area contributed by atoms with Gasteiger partial charge < -0.3 is 15.5 Å². The first kappa shape index (κ1) is 16.9. The van der Waals surface area contributed by atoms with E-state index in [4.69, 9.17) is 0 Å². The van der Waals surface area contributed by atoms with E-state index in [9.17, 15) is 9.59 Å². The van der Waals surface area contributed by atoms with E-state index >= 15 is 0 Å². The summed E-state index contributed by atoms with van der Waals surface area (Å²) in [6.45, 7) is 10.6. The van der Waals surface area contributed by atoms with Gasteiger partial charge in [-0.2, -0.15) is 0 Å². The fraction of sp³-hybridized carbons (Fsp3) is 0.846. The van der Waals surface area contributed by atoms with Crippen molar-refractivity contribution >= 4 is 11.8 Å². The zero-order valence-electron chi connectivity index (χ0n) is 12.1. The van der Waals surface area contributed by atoms with Crippen molar-refractivity contribution in [1.29, 1.82) is 0 Å². The summed E-state index contributed by atoms with van der Waals surface area (Å²) in [5.41, 5.74) is 0. The Balaban J connectivity index is 3.77. The molecule has 0 bridgehead atoms. The standard InChI is InChI=1S/C13H27N3O2/c1-5-14-11(4)10-12(17)15-9-8-13(18)16(6-2)7-3/h11,14H,5-10H2,1-4H3,(H,15,17). The molecule has 0 aromatic carbocycles. The highest BCUT2D eigenvalue weighted by molar-refractivity contribution is 5.79. The summed E-state index contributed by atoms with van der Waals surface area (Å²) in [7, 11) is 0.